The fourth-order valence-electron chi connectivity index (χ4n) is 2.24. The Hall–Kier alpha value is 0.708. The van der Waals surface area contributed by atoms with Crippen molar-refractivity contribution in [1.82, 2.24) is 0 Å². The summed E-state index contributed by atoms with van der Waals surface area (Å²) in [6.45, 7) is 21.4. The molecule has 0 aliphatic heterocycles. The molecule has 2 unspecified atom stereocenters. The minimum Gasteiger partial charge on any atom is -0.437 e. The third-order valence-electron chi connectivity index (χ3n) is 2.68. The van der Waals surface area contributed by atoms with Gasteiger partial charge in [-0.1, -0.05) is 6.92 Å². The number of hydrogen-bond donors (Lipinski definition) is 1. The predicted octanol–water partition coefficient (Wildman–Crippen LogP) is 3.86. The molecule has 0 aromatic carbocycles. The maximum absolute atomic E-state index is 9.57. The highest BCUT2D eigenvalue weighted by Gasteiger charge is 2.47. The first kappa shape index (κ1) is 20.7. The molecule has 0 saturated heterocycles. The summed E-state index contributed by atoms with van der Waals surface area (Å²) in [7, 11) is -8.07. The second kappa shape index (κ2) is 6.86. The molecule has 0 aromatic heterocycles. The van der Waals surface area contributed by atoms with E-state index in [-0.39, 0.29) is 12.1 Å². The van der Waals surface area contributed by atoms with E-state index >= 15 is 0 Å². The highest BCUT2D eigenvalue weighted by Crippen LogP contribution is 2.31. The van der Waals surface area contributed by atoms with E-state index in [0.717, 1.165) is 0 Å². The van der Waals surface area contributed by atoms with Gasteiger partial charge in [-0.05, 0) is 58.9 Å². The molecule has 0 aromatic rings. The summed E-state index contributed by atoms with van der Waals surface area (Å²) in [5.41, 5.74) is 0.0474. The molecule has 0 saturated carbocycles. The molecule has 0 fully saturated rings. The molecular formula is C12H34O4Si4. The minimum absolute atomic E-state index is 0.0474. The number of aliphatic hydroxyl groups excluding tert-OH is 1. The van der Waals surface area contributed by atoms with E-state index in [1.54, 1.807) is 0 Å². The van der Waals surface area contributed by atoms with Crippen molar-refractivity contribution in [2.75, 3.05) is 6.61 Å². The van der Waals surface area contributed by atoms with E-state index < -0.39 is 33.8 Å². The Morgan fingerprint density at radius 2 is 1.15 bits per heavy atom. The third-order valence-corrected chi connectivity index (χ3v) is 16.7. The SMILES string of the molecule is CC(CO)[Si](C)(O[Si](C)(C)C)O[Si](C)(C)O[Si](C)(C)C. The van der Waals surface area contributed by atoms with Crippen molar-refractivity contribution in [2.45, 2.75) is 71.4 Å². The van der Waals surface area contributed by atoms with Crippen molar-refractivity contribution in [3.63, 3.8) is 0 Å². The molecule has 1 N–H and O–H groups in total. The van der Waals surface area contributed by atoms with Gasteiger partial charge in [0.25, 0.3) is 0 Å². The summed E-state index contributed by atoms with van der Waals surface area (Å²) in [6.07, 6.45) is 0. The summed E-state index contributed by atoms with van der Waals surface area (Å²) in [5.74, 6) is 0. The first-order valence-corrected chi connectivity index (χ1v) is 19.3. The van der Waals surface area contributed by atoms with Crippen molar-refractivity contribution in [3.05, 3.63) is 0 Å². The molecule has 0 aliphatic rings. The van der Waals surface area contributed by atoms with Gasteiger partial charge < -0.3 is 17.5 Å². The van der Waals surface area contributed by atoms with Gasteiger partial charge >= 0.3 is 17.1 Å². The molecule has 20 heavy (non-hydrogen) atoms. The van der Waals surface area contributed by atoms with Crippen molar-refractivity contribution in [2.24, 2.45) is 0 Å². The number of rotatable bonds is 8. The molecule has 0 heterocycles. The number of aliphatic hydroxyl groups is 1. The zero-order chi connectivity index (χ0) is 16.4. The summed E-state index contributed by atoms with van der Waals surface area (Å²) in [5, 5.41) is 9.57. The van der Waals surface area contributed by atoms with Crippen LogP contribution >= 0.6 is 0 Å². The molecular weight excluding hydrogens is 320 g/mol. The van der Waals surface area contributed by atoms with Crippen LogP contribution in [0.3, 0.4) is 0 Å². The lowest BCUT2D eigenvalue weighted by molar-refractivity contribution is 0.251. The van der Waals surface area contributed by atoms with E-state index in [1.165, 1.54) is 0 Å². The summed E-state index contributed by atoms with van der Waals surface area (Å²) < 4.78 is 19.1. The topological polar surface area (TPSA) is 47.9 Å². The maximum Gasteiger partial charge on any atom is 0.321 e. The average Bonchev–Trinajstić information content (AvgIpc) is 2.07. The summed E-state index contributed by atoms with van der Waals surface area (Å²) in [4.78, 5) is 0. The highest BCUT2D eigenvalue weighted by molar-refractivity contribution is 6.89. The van der Waals surface area contributed by atoms with Crippen LogP contribution in [0.25, 0.3) is 0 Å². The van der Waals surface area contributed by atoms with Crippen molar-refractivity contribution in [3.8, 4) is 0 Å². The van der Waals surface area contributed by atoms with Crippen LogP contribution in [0, 0.1) is 0 Å². The van der Waals surface area contributed by atoms with Crippen LogP contribution in [0.4, 0.5) is 0 Å². The van der Waals surface area contributed by atoms with Crippen LogP contribution in [0.1, 0.15) is 6.92 Å². The molecule has 0 amide bonds. The Morgan fingerprint density at radius 1 is 0.750 bits per heavy atom. The molecule has 0 rings (SSSR count). The van der Waals surface area contributed by atoms with Gasteiger partial charge in [-0.2, -0.15) is 0 Å². The van der Waals surface area contributed by atoms with Crippen molar-refractivity contribution < 1.29 is 17.5 Å². The standard InChI is InChI=1S/C12H34O4Si4/c1-12(11-13)20(10,15-18(5,6)7)16-19(8,9)14-17(2,3)4/h12-13H,11H2,1-10H3. The Morgan fingerprint density at radius 3 is 1.45 bits per heavy atom. The lowest BCUT2D eigenvalue weighted by Crippen LogP contribution is -2.59. The van der Waals surface area contributed by atoms with E-state index in [1.807, 2.05) is 6.92 Å². The van der Waals surface area contributed by atoms with Crippen molar-refractivity contribution in [1.29, 1.82) is 0 Å². The predicted molar refractivity (Wildman–Crippen MR) is 95.6 cm³/mol. The molecule has 4 nitrogen and oxygen atoms in total. The van der Waals surface area contributed by atoms with Crippen LogP contribution in [-0.4, -0.2) is 45.5 Å². The van der Waals surface area contributed by atoms with Crippen LogP contribution in [0.5, 0.6) is 0 Å². The van der Waals surface area contributed by atoms with E-state index in [4.69, 9.17) is 12.3 Å². The monoisotopic (exact) mass is 354 g/mol. The Kier molecular flexibility index (Phi) is 7.10. The van der Waals surface area contributed by atoms with Gasteiger partial charge in [0, 0.05) is 12.1 Å². The fraction of sp³-hybridized carbons (Fsp3) is 1.00. The zero-order valence-corrected chi connectivity index (χ0v) is 19.0. The molecule has 0 bridgehead atoms. The van der Waals surface area contributed by atoms with Crippen molar-refractivity contribution >= 4 is 33.8 Å². The first-order valence-electron chi connectivity index (χ1n) is 7.32. The van der Waals surface area contributed by atoms with Gasteiger partial charge in [0.05, 0.1) is 0 Å². The molecule has 0 radical (unpaired) electrons. The van der Waals surface area contributed by atoms with Gasteiger partial charge in [0.15, 0.2) is 16.6 Å². The van der Waals surface area contributed by atoms with E-state index in [9.17, 15) is 5.11 Å². The normalized spacial score (nSPS) is 18.8. The summed E-state index contributed by atoms with van der Waals surface area (Å²) >= 11 is 0. The molecule has 8 heteroatoms. The van der Waals surface area contributed by atoms with Crippen LogP contribution in [-0.2, 0) is 12.3 Å². The van der Waals surface area contributed by atoms with Gasteiger partial charge in [0.2, 0.25) is 0 Å². The molecule has 122 valence electrons. The van der Waals surface area contributed by atoms with Gasteiger partial charge in [-0.3, -0.25) is 0 Å². The quantitative estimate of drug-likeness (QED) is 0.672. The van der Waals surface area contributed by atoms with Crippen LogP contribution in [0.15, 0.2) is 0 Å². The molecule has 2 atom stereocenters. The van der Waals surface area contributed by atoms with E-state index in [2.05, 4.69) is 58.9 Å². The molecule has 0 aliphatic carbocycles. The smallest absolute Gasteiger partial charge is 0.321 e. The lowest BCUT2D eigenvalue weighted by atomic mass is 10.5. The second-order valence-corrected chi connectivity index (χ2v) is 24.7. The van der Waals surface area contributed by atoms with Gasteiger partial charge in [-0.25, -0.2) is 0 Å². The van der Waals surface area contributed by atoms with Crippen LogP contribution in [0.2, 0.25) is 64.5 Å². The van der Waals surface area contributed by atoms with Gasteiger partial charge in [-0.15, -0.1) is 0 Å². The lowest BCUT2D eigenvalue weighted by Gasteiger charge is -2.43. The largest absolute Gasteiger partial charge is 0.437 e. The van der Waals surface area contributed by atoms with E-state index in [0.29, 0.717) is 0 Å². The summed E-state index contributed by atoms with van der Waals surface area (Å²) in [6, 6.07) is 0. The molecule has 0 spiro atoms. The zero-order valence-electron chi connectivity index (χ0n) is 15.0. The van der Waals surface area contributed by atoms with Crippen LogP contribution < -0.4 is 0 Å². The first-order chi connectivity index (χ1) is 8.60. The fourth-order valence-corrected chi connectivity index (χ4v) is 19.9. The minimum atomic E-state index is -2.45. The number of hydrogen-bond acceptors (Lipinski definition) is 4. The second-order valence-electron chi connectivity index (χ2n) is 8.03. The average molecular weight is 355 g/mol. The Balaban J connectivity index is 5.17. The Labute approximate surface area is 129 Å². The Bertz CT molecular complexity index is 312. The highest BCUT2D eigenvalue weighted by atomic mass is 28.5. The third kappa shape index (κ3) is 8.22. The maximum atomic E-state index is 9.57. The van der Waals surface area contributed by atoms with Gasteiger partial charge in [0.1, 0.15) is 0 Å².